The summed E-state index contributed by atoms with van der Waals surface area (Å²) in [5, 5.41) is 37.9. The first-order valence-electron chi connectivity index (χ1n) is 8.91. The molecule has 4 rings (SSSR count). The summed E-state index contributed by atoms with van der Waals surface area (Å²) >= 11 is 0. The van der Waals surface area contributed by atoms with Gasteiger partial charge in [-0.15, -0.1) is 0 Å². The Hall–Kier alpha value is -2.89. The Kier molecular flexibility index (Phi) is 6.63. The number of benzene rings is 4. The second kappa shape index (κ2) is 9.35. The molecule has 0 aliphatic heterocycles. The van der Waals surface area contributed by atoms with E-state index in [0.29, 0.717) is 10.9 Å². The van der Waals surface area contributed by atoms with E-state index in [1.54, 1.807) is 24.3 Å². The van der Waals surface area contributed by atoms with Gasteiger partial charge in [-0.3, -0.25) is 0 Å². The first kappa shape index (κ1) is 19.9. The van der Waals surface area contributed by atoms with Crippen LogP contribution in [0.15, 0.2) is 97.1 Å². The van der Waals surface area contributed by atoms with Crippen molar-refractivity contribution in [3.8, 4) is 11.1 Å². The van der Waals surface area contributed by atoms with E-state index in [4.69, 9.17) is 20.1 Å². The SMILES string of the molecule is OB(O)c1ccc(-c2ccccc2)cc1.OB(O)c1ccc2ccccc2c1. The molecule has 28 heavy (non-hydrogen) atoms. The highest BCUT2D eigenvalue weighted by Crippen LogP contribution is 2.17. The van der Waals surface area contributed by atoms with E-state index >= 15 is 0 Å². The van der Waals surface area contributed by atoms with Gasteiger partial charge < -0.3 is 20.1 Å². The average Bonchev–Trinajstić information content (AvgIpc) is 2.74. The molecule has 0 aliphatic carbocycles. The maximum atomic E-state index is 8.94. The summed E-state index contributed by atoms with van der Waals surface area (Å²) in [5.41, 5.74) is 3.23. The molecule has 0 aromatic heterocycles. The molecule has 0 atom stereocenters. The minimum absolute atomic E-state index is 0.509. The zero-order valence-corrected chi connectivity index (χ0v) is 15.2. The van der Waals surface area contributed by atoms with Crippen LogP contribution >= 0.6 is 0 Å². The molecule has 0 aliphatic rings. The fraction of sp³-hybridized carbons (Fsp3) is 0. The van der Waals surface area contributed by atoms with Gasteiger partial charge in [0.2, 0.25) is 0 Å². The summed E-state index contributed by atoms with van der Waals surface area (Å²) in [5.74, 6) is 0. The summed E-state index contributed by atoms with van der Waals surface area (Å²) in [6.45, 7) is 0. The highest BCUT2D eigenvalue weighted by atomic mass is 16.4. The molecule has 4 aromatic rings. The molecule has 0 fully saturated rings. The van der Waals surface area contributed by atoms with Gasteiger partial charge in [-0.05, 0) is 32.8 Å². The highest BCUT2D eigenvalue weighted by Gasteiger charge is 2.10. The predicted octanol–water partition coefficient (Wildman–Crippen LogP) is 1.55. The van der Waals surface area contributed by atoms with Crippen molar-refractivity contribution in [1.82, 2.24) is 0 Å². The van der Waals surface area contributed by atoms with Gasteiger partial charge in [-0.25, -0.2) is 0 Å². The Bertz CT molecular complexity index is 1020. The van der Waals surface area contributed by atoms with Gasteiger partial charge in [0.25, 0.3) is 0 Å². The molecule has 0 bridgehead atoms. The Morgan fingerprint density at radius 3 is 1.54 bits per heavy atom. The number of fused-ring (bicyclic) bond motifs is 1. The number of hydrogen-bond acceptors (Lipinski definition) is 4. The molecule has 0 spiro atoms. The van der Waals surface area contributed by atoms with Crippen LogP contribution < -0.4 is 10.9 Å². The van der Waals surface area contributed by atoms with Gasteiger partial charge in [-0.2, -0.15) is 0 Å². The minimum atomic E-state index is -1.39. The van der Waals surface area contributed by atoms with Crippen LogP contribution in [0.2, 0.25) is 0 Å². The molecule has 6 heteroatoms. The van der Waals surface area contributed by atoms with E-state index in [1.165, 1.54) is 0 Å². The maximum Gasteiger partial charge on any atom is 0.488 e. The van der Waals surface area contributed by atoms with Crippen molar-refractivity contribution in [3.05, 3.63) is 97.1 Å². The van der Waals surface area contributed by atoms with Crippen LogP contribution in [0.5, 0.6) is 0 Å². The lowest BCUT2D eigenvalue weighted by Crippen LogP contribution is -2.29. The highest BCUT2D eigenvalue weighted by molar-refractivity contribution is 6.59. The Morgan fingerprint density at radius 1 is 0.429 bits per heavy atom. The van der Waals surface area contributed by atoms with Crippen molar-refractivity contribution >= 4 is 35.9 Å². The lowest BCUT2D eigenvalue weighted by molar-refractivity contribution is 0.424. The van der Waals surface area contributed by atoms with Crippen molar-refractivity contribution in [2.45, 2.75) is 0 Å². The van der Waals surface area contributed by atoms with E-state index in [2.05, 4.69) is 0 Å². The number of rotatable bonds is 3. The standard InChI is InChI=1S/C12H11BO2.C10H9BO2/c14-13(15)12-8-6-11(7-9-12)10-4-2-1-3-5-10;12-11(13)10-6-5-8-3-1-2-4-9(8)7-10/h1-9,14-15H;1-7,12-13H. The Balaban J connectivity index is 0.000000162. The minimum Gasteiger partial charge on any atom is -0.423 e. The monoisotopic (exact) mass is 370 g/mol. The normalized spacial score (nSPS) is 10.1. The van der Waals surface area contributed by atoms with Crippen molar-refractivity contribution in [1.29, 1.82) is 0 Å². The summed E-state index contributed by atoms with van der Waals surface area (Å²) in [6.07, 6.45) is 0. The zero-order chi connectivity index (χ0) is 19.9. The molecule has 0 unspecified atom stereocenters. The molecular weight excluding hydrogens is 350 g/mol. The van der Waals surface area contributed by atoms with Crippen molar-refractivity contribution in [2.75, 3.05) is 0 Å². The molecule has 4 aromatic carbocycles. The summed E-state index contributed by atoms with van der Waals surface area (Å²) in [6, 6.07) is 30.3. The van der Waals surface area contributed by atoms with Crippen LogP contribution in [0.4, 0.5) is 0 Å². The molecule has 0 saturated carbocycles. The summed E-state index contributed by atoms with van der Waals surface area (Å²) in [4.78, 5) is 0. The van der Waals surface area contributed by atoms with Crippen molar-refractivity contribution in [3.63, 3.8) is 0 Å². The largest absolute Gasteiger partial charge is 0.488 e. The van der Waals surface area contributed by atoms with Gasteiger partial charge in [0.15, 0.2) is 0 Å². The molecular formula is C22H20B2O4. The fourth-order valence-corrected chi connectivity index (χ4v) is 2.85. The molecule has 0 amide bonds. The van der Waals surface area contributed by atoms with Crippen LogP contribution in [0.3, 0.4) is 0 Å². The molecule has 138 valence electrons. The van der Waals surface area contributed by atoms with Crippen LogP contribution in [0, 0.1) is 0 Å². The first-order chi connectivity index (χ1) is 13.5. The zero-order valence-electron chi connectivity index (χ0n) is 15.2. The number of hydrogen-bond donors (Lipinski definition) is 4. The quantitative estimate of drug-likeness (QED) is 0.413. The molecule has 0 heterocycles. The molecule has 0 radical (unpaired) electrons. The van der Waals surface area contributed by atoms with Gasteiger partial charge >= 0.3 is 14.2 Å². The van der Waals surface area contributed by atoms with Crippen LogP contribution in [0.1, 0.15) is 0 Å². The lowest BCUT2D eigenvalue weighted by atomic mass is 9.79. The molecule has 4 N–H and O–H groups in total. The van der Waals surface area contributed by atoms with E-state index in [9.17, 15) is 0 Å². The van der Waals surface area contributed by atoms with E-state index in [-0.39, 0.29) is 0 Å². The maximum absolute atomic E-state index is 8.94. The smallest absolute Gasteiger partial charge is 0.423 e. The lowest BCUT2D eigenvalue weighted by Gasteiger charge is -2.03. The summed E-state index contributed by atoms with van der Waals surface area (Å²) in [7, 11) is -2.78. The van der Waals surface area contributed by atoms with Crippen molar-refractivity contribution in [2.24, 2.45) is 0 Å². The first-order valence-corrected chi connectivity index (χ1v) is 8.91. The second-order valence-electron chi connectivity index (χ2n) is 6.34. The van der Waals surface area contributed by atoms with Gasteiger partial charge in [0.1, 0.15) is 0 Å². The average molecular weight is 370 g/mol. The fourth-order valence-electron chi connectivity index (χ4n) is 2.85. The summed E-state index contributed by atoms with van der Waals surface area (Å²) < 4.78 is 0. The third kappa shape index (κ3) is 5.09. The molecule has 0 saturated heterocycles. The van der Waals surface area contributed by atoms with E-state index in [0.717, 1.165) is 21.9 Å². The van der Waals surface area contributed by atoms with E-state index in [1.807, 2.05) is 72.8 Å². The third-order valence-corrected chi connectivity index (χ3v) is 4.39. The van der Waals surface area contributed by atoms with Crippen LogP contribution in [-0.4, -0.2) is 34.3 Å². The van der Waals surface area contributed by atoms with Gasteiger partial charge in [0, 0.05) is 0 Å². The predicted molar refractivity (Wildman–Crippen MR) is 115 cm³/mol. The molecule has 4 nitrogen and oxygen atoms in total. The van der Waals surface area contributed by atoms with Crippen LogP contribution in [0.25, 0.3) is 21.9 Å². The van der Waals surface area contributed by atoms with Gasteiger partial charge in [-0.1, -0.05) is 97.1 Å². The topological polar surface area (TPSA) is 80.9 Å². The van der Waals surface area contributed by atoms with Crippen molar-refractivity contribution < 1.29 is 20.1 Å². The Morgan fingerprint density at radius 2 is 0.929 bits per heavy atom. The second-order valence-corrected chi connectivity index (χ2v) is 6.34. The van der Waals surface area contributed by atoms with Crippen LogP contribution in [-0.2, 0) is 0 Å². The van der Waals surface area contributed by atoms with E-state index < -0.39 is 14.2 Å². The van der Waals surface area contributed by atoms with Gasteiger partial charge in [0.05, 0.1) is 0 Å². The Labute approximate surface area is 164 Å². The third-order valence-electron chi connectivity index (χ3n) is 4.39.